The van der Waals surface area contributed by atoms with Crippen LogP contribution >= 0.6 is 11.6 Å². The average Bonchev–Trinajstić information content (AvgIpc) is 3.40. The van der Waals surface area contributed by atoms with Crippen LogP contribution in [0.1, 0.15) is 63.3 Å². The lowest BCUT2D eigenvalue weighted by Gasteiger charge is -2.59. The van der Waals surface area contributed by atoms with E-state index < -0.39 is 5.60 Å². The van der Waals surface area contributed by atoms with Crippen molar-refractivity contribution in [2.75, 3.05) is 49.9 Å². The highest BCUT2D eigenvalue weighted by Gasteiger charge is 2.55. The second-order valence-corrected chi connectivity index (χ2v) is 14.7. The molecule has 2 saturated heterocycles. The first-order valence-electron chi connectivity index (χ1n) is 15.5. The summed E-state index contributed by atoms with van der Waals surface area (Å²) in [4.78, 5) is 18.9. The van der Waals surface area contributed by atoms with Gasteiger partial charge in [-0.3, -0.25) is 19.5 Å². The zero-order valence-corrected chi connectivity index (χ0v) is 26.5. The zero-order valence-electron chi connectivity index (χ0n) is 25.7. The number of aliphatic hydroxyl groups is 1. The van der Waals surface area contributed by atoms with Gasteiger partial charge in [-0.25, -0.2) is 0 Å². The molecular formula is C32H43ClN8O2. The molecule has 2 aliphatic carbocycles. The van der Waals surface area contributed by atoms with Crippen LogP contribution < -0.4 is 10.6 Å². The number of piperazine rings is 1. The van der Waals surface area contributed by atoms with Crippen molar-refractivity contribution in [1.29, 1.82) is 0 Å². The predicted octanol–water partition coefficient (Wildman–Crippen LogP) is 4.44. The van der Waals surface area contributed by atoms with Gasteiger partial charge in [0.2, 0.25) is 5.91 Å². The lowest BCUT2D eigenvalue weighted by molar-refractivity contribution is -0.149. The summed E-state index contributed by atoms with van der Waals surface area (Å²) in [6, 6.07) is 2.26. The molecule has 4 aliphatic rings. The van der Waals surface area contributed by atoms with Crippen LogP contribution in [0, 0.1) is 19.3 Å². The van der Waals surface area contributed by atoms with Crippen molar-refractivity contribution in [3.8, 4) is 11.1 Å². The fraction of sp³-hybridized carbons (Fsp3) is 0.594. The van der Waals surface area contributed by atoms with Crippen molar-refractivity contribution in [2.24, 2.45) is 5.41 Å². The summed E-state index contributed by atoms with van der Waals surface area (Å²) >= 11 is 7.17. The Morgan fingerprint density at radius 2 is 1.95 bits per heavy atom. The van der Waals surface area contributed by atoms with E-state index in [-0.39, 0.29) is 22.9 Å². The summed E-state index contributed by atoms with van der Waals surface area (Å²) < 4.78 is 2.23. The van der Waals surface area contributed by atoms with Crippen molar-refractivity contribution in [2.45, 2.75) is 77.0 Å². The molecule has 2 aliphatic heterocycles. The normalized spacial score (nSPS) is 21.7. The number of hydrogen-bond acceptors (Lipinski definition) is 7. The molecule has 0 radical (unpaired) electrons. The van der Waals surface area contributed by atoms with Gasteiger partial charge in [-0.2, -0.15) is 10.2 Å². The molecule has 1 amide bonds. The van der Waals surface area contributed by atoms with E-state index in [2.05, 4.69) is 38.2 Å². The van der Waals surface area contributed by atoms with E-state index in [4.69, 9.17) is 22.4 Å². The molecule has 230 valence electrons. The molecule has 7 rings (SSSR count). The highest BCUT2D eigenvalue weighted by molar-refractivity contribution is 6.36. The summed E-state index contributed by atoms with van der Waals surface area (Å²) in [7, 11) is 0. The van der Waals surface area contributed by atoms with E-state index in [1.54, 1.807) is 0 Å². The molecule has 4 heterocycles. The summed E-state index contributed by atoms with van der Waals surface area (Å²) in [5, 5.41) is 25.0. The van der Waals surface area contributed by atoms with Crippen LogP contribution in [0.2, 0.25) is 5.02 Å². The lowest BCUT2D eigenvalue weighted by Crippen LogP contribution is -2.67. The number of rotatable bonds is 6. The first kappa shape index (κ1) is 28.7. The number of halogens is 1. The number of nitrogens with two attached hydrogens (primary N) is 1. The number of fused-ring (bicyclic) bond motifs is 1. The number of anilines is 2. The van der Waals surface area contributed by atoms with Crippen molar-refractivity contribution in [1.82, 2.24) is 29.8 Å². The zero-order chi connectivity index (χ0) is 30.5. The number of likely N-dealkylation sites (tertiary alicyclic amines) is 1. The highest BCUT2D eigenvalue weighted by atomic mass is 35.5. The Hall–Kier alpha value is -3.08. The SMILES string of the molecule is C=CC(=O)N1CC2(CC(n3nc(N4CCN(CC(C)(C)O)CC45CCC5)c(-c4c(Cl)c(C)cc5[nH]nc(N)c45)c3C)C2)C1. The van der Waals surface area contributed by atoms with Gasteiger partial charge in [0, 0.05) is 61.5 Å². The second kappa shape index (κ2) is 9.71. The first-order valence-corrected chi connectivity index (χ1v) is 15.9. The number of hydrogen-bond donors (Lipinski definition) is 3. The van der Waals surface area contributed by atoms with Gasteiger partial charge < -0.3 is 20.6 Å². The van der Waals surface area contributed by atoms with Crippen molar-refractivity contribution in [3.63, 3.8) is 0 Å². The Balaban J connectivity index is 1.31. The lowest BCUT2D eigenvalue weighted by atomic mass is 9.60. The Bertz CT molecular complexity index is 1620. The summed E-state index contributed by atoms with van der Waals surface area (Å²) in [5.41, 5.74) is 10.7. The molecule has 4 fully saturated rings. The van der Waals surface area contributed by atoms with E-state index in [0.29, 0.717) is 17.4 Å². The first-order chi connectivity index (χ1) is 20.3. The minimum Gasteiger partial charge on any atom is -0.389 e. The Morgan fingerprint density at radius 1 is 1.23 bits per heavy atom. The molecule has 1 aromatic carbocycles. The number of aromatic nitrogens is 4. The maximum atomic E-state index is 12.1. The Labute approximate surface area is 257 Å². The Kier molecular flexibility index (Phi) is 6.48. The second-order valence-electron chi connectivity index (χ2n) is 14.4. The van der Waals surface area contributed by atoms with Crippen molar-refractivity contribution >= 4 is 40.0 Å². The van der Waals surface area contributed by atoms with Gasteiger partial charge in [0.1, 0.15) is 0 Å². The number of carbonyl (C=O) groups excluding carboxylic acids is 1. The number of nitrogens with zero attached hydrogens (tertiary/aromatic N) is 6. The third-order valence-electron chi connectivity index (χ3n) is 10.5. The third kappa shape index (κ3) is 4.47. The fourth-order valence-corrected chi connectivity index (χ4v) is 8.65. The van der Waals surface area contributed by atoms with E-state index >= 15 is 0 Å². The number of nitrogen functional groups attached to an aromatic ring is 1. The standard InChI is InChI=1S/C32H43ClN8O2/c1-6-23(42)39-16-31(17-39)13-21(14-31)41-20(3)24(26-25-22(35-36-28(25)34)12-19(2)27(26)33)29(37-41)40-11-10-38(15-30(4,5)43)18-32(40)8-7-9-32/h6,12,21,43H,1,7-11,13-18H2,2-5H3,(H3,34,35,36). The number of H-pyrrole nitrogens is 1. The largest absolute Gasteiger partial charge is 0.389 e. The monoisotopic (exact) mass is 606 g/mol. The average molecular weight is 607 g/mol. The fourth-order valence-electron chi connectivity index (χ4n) is 8.40. The van der Waals surface area contributed by atoms with Crippen molar-refractivity contribution in [3.05, 3.63) is 35.0 Å². The number of benzene rings is 1. The van der Waals surface area contributed by atoms with Crippen molar-refractivity contribution < 1.29 is 9.90 Å². The molecule has 2 saturated carbocycles. The van der Waals surface area contributed by atoms with Crippen LogP contribution in [0.4, 0.5) is 11.6 Å². The smallest absolute Gasteiger partial charge is 0.245 e. The van der Waals surface area contributed by atoms with Gasteiger partial charge in [0.25, 0.3) is 0 Å². The molecular weight excluding hydrogens is 564 g/mol. The predicted molar refractivity (Wildman–Crippen MR) is 170 cm³/mol. The minimum absolute atomic E-state index is 0.0132. The van der Waals surface area contributed by atoms with Gasteiger partial charge in [-0.1, -0.05) is 18.2 Å². The van der Waals surface area contributed by atoms with Gasteiger partial charge in [-0.05, 0) is 77.5 Å². The van der Waals surface area contributed by atoms with E-state index in [9.17, 15) is 9.90 Å². The van der Waals surface area contributed by atoms with E-state index in [1.165, 1.54) is 12.5 Å². The molecule has 11 heteroatoms. The third-order valence-corrected chi connectivity index (χ3v) is 11.0. The summed E-state index contributed by atoms with van der Waals surface area (Å²) in [5.74, 6) is 1.41. The number of β-amino-alcohol motifs (C(OH)–C–C–N with tert-alkyl or cyclic N) is 1. The highest BCUT2D eigenvalue weighted by Crippen LogP contribution is 2.56. The van der Waals surface area contributed by atoms with Gasteiger partial charge in [0.05, 0.1) is 33.1 Å². The molecule has 4 N–H and O–H groups in total. The number of aromatic amines is 1. The number of nitrogens with one attached hydrogen (secondary N) is 1. The van der Waals surface area contributed by atoms with Gasteiger partial charge in [0.15, 0.2) is 11.6 Å². The quantitative estimate of drug-likeness (QED) is 0.355. The van der Waals surface area contributed by atoms with Gasteiger partial charge in [-0.15, -0.1) is 0 Å². The van der Waals surface area contributed by atoms with Crippen LogP contribution in [0.25, 0.3) is 22.0 Å². The number of aryl methyl sites for hydroxylation is 1. The minimum atomic E-state index is -0.747. The van der Waals surface area contributed by atoms with E-state index in [1.807, 2.05) is 31.7 Å². The van der Waals surface area contributed by atoms with Crippen LogP contribution in [-0.4, -0.2) is 91.2 Å². The molecule has 3 aromatic rings. The Morgan fingerprint density at radius 3 is 2.58 bits per heavy atom. The number of carbonyl (C=O) groups is 1. The van der Waals surface area contributed by atoms with Crippen LogP contribution in [0.15, 0.2) is 18.7 Å². The molecule has 2 spiro atoms. The maximum Gasteiger partial charge on any atom is 0.245 e. The number of amides is 1. The topological polar surface area (TPSA) is 120 Å². The molecule has 0 bridgehead atoms. The van der Waals surface area contributed by atoms with Crippen LogP contribution in [-0.2, 0) is 4.79 Å². The molecule has 43 heavy (non-hydrogen) atoms. The molecule has 2 aromatic heterocycles. The van der Waals surface area contributed by atoms with Gasteiger partial charge >= 0.3 is 0 Å². The van der Waals surface area contributed by atoms with E-state index in [0.717, 1.165) is 97.5 Å². The molecule has 10 nitrogen and oxygen atoms in total. The molecule has 0 unspecified atom stereocenters. The summed E-state index contributed by atoms with van der Waals surface area (Å²) in [6.45, 7) is 16.4. The summed E-state index contributed by atoms with van der Waals surface area (Å²) in [6.07, 6.45) is 6.74. The van der Waals surface area contributed by atoms with Crippen LogP contribution in [0.5, 0.6) is 0 Å². The maximum absolute atomic E-state index is 12.1. The van der Waals surface area contributed by atoms with Crippen LogP contribution in [0.3, 0.4) is 0 Å². The molecule has 0 atom stereocenters.